The fourth-order valence-corrected chi connectivity index (χ4v) is 4.82. The topological polar surface area (TPSA) is 119 Å². The minimum atomic E-state index is -1.02. The van der Waals surface area contributed by atoms with E-state index in [1.54, 1.807) is 0 Å². The minimum absolute atomic E-state index is 0.0479. The summed E-state index contributed by atoms with van der Waals surface area (Å²) >= 11 is 0. The first kappa shape index (κ1) is 41.3. The number of hydrogen-bond acceptors (Lipinski definition) is 5. The zero-order valence-electron chi connectivity index (χ0n) is 28.0. The van der Waals surface area contributed by atoms with Crippen LogP contribution in [0.25, 0.3) is 0 Å². The van der Waals surface area contributed by atoms with Gasteiger partial charge in [-0.3, -0.25) is 9.59 Å². The molecular weight excluding hydrogens is 552 g/mol. The Bertz CT molecular complexity index is 834. The van der Waals surface area contributed by atoms with Gasteiger partial charge in [0.1, 0.15) is 12.1 Å². The third kappa shape index (κ3) is 28.1. The number of carbonyl (C=O) groups is 3. The standard InChI is InChI=1S/C37H64N2O5/c1-3-5-7-9-11-12-13-14-15-16-17-19-25-31-36(41)44-33(27-22-18-10-8-6-4-2)28-23-20-21-24-30-35(40)39-34(37(42)43)29-26-32-38/h5,7,11-12,14-15,17,19,33-34H,3-4,6,8-10,13,16,18,20-32,38H2,1-2H3,(H,39,40)(H,42,43)/b7-5-,12-11-,15-14-,19-17-. The van der Waals surface area contributed by atoms with Crippen LogP contribution in [0.5, 0.6) is 0 Å². The highest BCUT2D eigenvalue weighted by molar-refractivity contribution is 5.83. The van der Waals surface area contributed by atoms with Crippen molar-refractivity contribution in [2.75, 3.05) is 6.54 Å². The number of hydrogen-bond donors (Lipinski definition) is 3. The van der Waals surface area contributed by atoms with Crippen molar-refractivity contribution >= 4 is 17.8 Å². The molecule has 0 aromatic carbocycles. The second kappa shape index (κ2) is 31.7. The number of esters is 1. The van der Waals surface area contributed by atoms with Crippen LogP contribution in [0.1, 0.15) is 149 Å². The number of ether oxygens (including phenoxy) is 1. The maximum absolute atomic E-state index is 12.6. The SMILES string of the molecule is CC/C=C\C/C=C\C/C=C\C/C=C\CCC(=O)OC(CCCCCCCC)CCCCCCC(=O)NC(CCCN)C(=O)O. The second-order valence-corrected chi connectivity index (χ2v) is 11.6. The predicted molar refractivity (Wildman–Crippen MR) is 183 cm³/mol. The van der Waals surface area contributed by atoms with Crippen molar-refractivity contribution in [3.8, 4) is 0 Å². The molecule has 0 aromatic rings. The minimum Gasteiger partial charge on any atom is -0.480 e. The van der Waals surface area contributed by atoms with Crippen molar-refractivity contribution in [3.05, 3.63) is 48.6 Å². The van der Waals surface area contributed by atoms with Gasteiger partial charge in [-0.2, -0.15) is 0 Å². The van der Waals surface area contributed by atoms with Crippen LogP contribution in [0.3, 0.4) is 0 Å². The van der Waals surface area contributed by atoms with E-state index in [-0.39, 0.29) is 18.0 Å². The van der Waals surface area contributed by atoms with Gasteiger partial charge in [-0.1, -0.05) is 107 Å². The molecular formula is C37H64N2O5. The Hall–Kier alpha value is -2.67. The number of amides is 1. The fourth-order valence-electron chi connectivity index (χ4n) is 4.82. The molecule has 0 aliphatic carbocycles. The van der Waals surface area contributed by atoms with E-state index in [1.165, 1.54) is 32.1 Å². The lowest BCUT2D eigenvalue weighted by atomic mass is 10.0. The van der Waals surface area contributed by atoms with E-state index in [0.29, 0.717) is 45.1 Å². The molecule has 0 spiro atoms. The molecule has 252 valence electrons. The summed E-state index contributed by atoms with van der Waals surface area (Å²) in [5, 5.41) is 11.9. The van der Waals surface area contributed by atoms with Gasteiger partial charge in [0.05, 0.1) is 0 Å². The number of aliphatic carboxylic acids is 1. The Morgan fingerprint density at radius 1 is 0.682 bits per heavy atom. The number of allylic oxidation sites excluding steroid dienone is 8. The fraction of sp³-hybridized carbons (Fsp3) is 0.703. The number of nitrogens with one attached hydrogen (secondary N) is 1. The van der Waals surface area contributed by atoms with Gasteiger partial charge in [-0.05, 0) is 83.6 Å². The quantitative estimate of drug-likeness (QED) is 0.0421. The highest BCUT2D eigenvalue weighted by Gasteiger charge is 2.19. The van der Waals surface area contributed by atoms with E-state index in [2.05, 4.69) is 67.8 Å². The predicted octanol–water partition coefficient (Wildman–Crippen LogP) is 8.88. The molecule has 0 heterocycles. The van der Waals surface area contributed by atoms with Crippen LogP contribution in [0, 0.1) is 0 Å². The van der Waals surface area contributed by atoms with Crippen molar-refractivity contribution in [1.29, 1.82) is 0 Å². The summed E-state index contributed by atoms with van der Waals surface area (Å²) in [5.41, 5.74) is 5.46. The van der Waals surface area contributed by atoms with Crippen LogP contribution in [0.4, 0.5) is 0 Å². The third-order valence-corrected chi connectivity index (χ3v) is 7.42. The van der Waals surface area contributed by atoms with E-state index in [0.717, 1.165) is 64.2 Å². The van der Waals surface area contributed by atoms with Gasteiger partial charge in [0, 0.05) is 12.8 Å². The van der Waals surface area contributed by atoms with E-state index < -0.39 is 12.0 Å². The van der Waals surface area contributed by atoms with Crippen molar-refractivity contribution in [3.63, 3.8) is 0 Å². The zero-order valence-corrected chi connectivity index (χ0v) is 28.0. The number of carboxylic acids is 1. The first-order chi connectivity index (χ1) is 21.4. The van der Waals surface area contributed by atoms with Gasteiger partial charge in [0.2, 0.25) is 5.91 Å². The molecule has 0 saturated heterocycles. The van der Waals surface area contributed by atoms with E-state index in [1.807, 2.05) is 0 Å². The Balaban J connectivity index is 4.36. The molecule has 0 saturated carbocycles. The summed E-state index contributed by atoms with van der Waals surface area (Å²) in [5.74, 6) is -1.36. The third-order valence-electron chi connectivity index (χ3n) is 7.42. The van der Waals surface area contributed by atoms with Crippen molar-refractivity contribution in [1.82, 2.24) is 5.32 Å². The molecule has 44 heavy (non-hydrogen) atoms. The second-order valence-electron chi connectivity index (χ2n) is 11.6. The number of carbonyl (C=O) groups excluding carboxylic acids is 2. The van der Waals surface area contributed by atoms with Gasteiger partial charge in [-0.15, -0.1) is 0 Å². The largest absolute Gasteiger partial charge is 0.480 e. The molecule has 0 aliphatic heterocycles. The van der Waals surface area contributed by atoms with Gasteiger partial charge >= 0.3 is 11.9 Å². The molecule has 2 atom stereocenters. The monoisotopic (exact) mass is 616 g/mol. The molecule has 2 unspecified atom stereocenters. The Morgan fingerprint density at radius 2 is 1.23 bits per heavy atom. The van der Waals surface area contributed by atoms with E-state index in [9.17, 15) is 19.5 Å². The lowest BCUT2D eigenvalue weighted by Gasteiger charge is -2.18. The van der Waals surface area contributed by atoms with Crippen LogP contribution in [0.2, 0.25) is 0 Å². The average Bonchev–Trinajstić information content (AvgIpc) is 3.00. The molecule has 0 aromatic heterocycles. The lowest BCUT2D eigenvalue weighted by molar-refractivity contribution is -0.149. The summed E-state index contributed by atoms with van der Waals surface area (Å²) < 4.78 is 5.90. The summed E-state index contributed by atoms with van der Waals surface area (Å²) in [6.07, 6.45) is 35.9. The number of carboxylic acid groups (broad SMARTS) is 1. The van der Waals surface area contributed by atoms with Gasteiger partial charge in [0.25, 0.3) is 0 Å². The molecule has 7 heteroatoms. The van der Waals surface area contributed by atoms with Crippen LogP contribution in [-0.2, 0) is 19.1 Å². The first-order valence-corrected chi connectivity index (χ1v) is 17.5. The first-order valence-electron chi connectivity index (χ1n) is 17.5. The summed E-state index contributed by atoms with van der Waals surface area (Å²) in [6.45, 7) is 4.76. The normalized spacial score (nSPS) is 13.3. The summed E-state index contributed by atoms with van der Waals surface area (Å²) in [7, 11) is 0. The highest BCUT2D eigenvalue weighted by Crippen LogP contribution is 2.17. The average molecular weight is 617 g/mol. The van der Waals surface area contributed by atoms with Crippen LogP contribution >= 0.6 is 0 Å². The molecule has 0 fully saturated rings. The van der Waals surface area contributed by atoms with Gasteiger partial charge in [-0.25, -0.2) is 4.79 Å². The lowest BCUT2D eigenvalue weighted by Crippen LogP contribution is -2.40. The van der Waals surface area contributed by atoms with Crippen molar-refractivity contribution in [2.24, 2.45) is 5.73 Å². The molecule has 1 amide bonds. The summed E-state index contributed by atoms with van der Waals surface area (Å²) in [4.78, 5) is 36.0. The maximum Gasteiger partial charge on any atom is 0.326 e. The van der Waals surface area contributed by atoms with Gasteiger partial charge < -0.3 is 20.9 Å². The van der Waals surface area contributed by atoms with E-state index in [4.69, 9.17) is 10.5 Å². The van der Waals surface area contributed by atoms with Crippen molar-refractivity contribution in [2.45, 2.75) is 161 Å². The number of nitrogens with two attached hydrogens (primary N) is 1. The molecule has 7 nitrogen and oxygen atoms in total. The Labute approximate surface area is 268 Å². The van der Waals surface area contributed by atoms with Crippen molar-refractivity contribution < 1.29 is 24.2 Å². The molecule has 0 bridgehead atoms. The maximum atomic E-state index is 12.6. The van der Waals surface area contributed by atoms with Crippen LogP contribution in [-0.4, -0.2) is 41.6 Å². The van der Waals surface area contributed by atoms with Gasteiger partial charge in [0.15, 0.2) is 0 Å². The molecule has 0 radical (unpaired) electrons. The van der Waals surface area contributed by atoms with Crippen LogP contribution in [0.15, 0.2) is 48.6 Å². The zero-order chi connectivity index (χ0) is 32.5. The molecule has 0 rings (SSSR count). The smallest absolute Gasteiger partial charge is 0.326 e. The van der Waals surface area contributed by atoms with Crippen LogP contribution < -0.4 is 11.1 Å². The number of rotatable bonds is 30. The molecule has 0 aliphatic rings. The number of unbranched alkanes of at least 4 members (excludes halogenated alkanes) is 8. The highest BCUT2D eigenvalue weighted by atomic mass is 16.5. The van der Waals surface area contributed by atoms with E-state index >= 15 is 0 Å². The Morgan fingerprint density at radius 3 is 1.80 bits per heavy atom. The summed E-state index contributed by atoms with van der Waals surface area (Å²) in [6, 6.07) is -0.869. The Kier molecular flexibility index (Phi) is 29.8. The molecule has 4 N–H and O–H groups in total.